The predicted molar refractivity (Wildman–Crippen MR) is 81.8 cm³/mol. The minimum Gasteiger partial charge on any atom is -0.368 e. The second-order valence-electron chi connectivity index (χ2n) is 4.70. The second kappa shape index (κ2) is 6.52. The summed E-state index contributed by atoms with van der Waals surface area (Å²) in [4.78, 5) is 25.8. The molecule has 1 heterocycles. The Labute approximate surface area is 122 Å². The third-order valence-electron chi connectivity index (χ3n) is 3.05. The number of unbranched alkanes of at least 4 members (excludes halogenated alkanes) is 1. The van der Waals surface area contributed by atoms with Gasteiger partial charge in [-0.1, -0.05) is 31.5 Å². The van der Waals surface area contributed by atoms with Crippen LogP contribution in [0.5, 0.6) is 0 Å². The smallest absolute Gasteiger partial charge is 0.264 e. The number of fused-ring (bicyclic) bond motifs is 1. The number of hydrogen-bond acceptors (Lipinski definition) is 3. The van der Waals surface area contributed by atoms with Gasteiger partial charge in [0, 0.05) is 11.2 Å². The summed E-state index contributed by atoms with van der Waals surface area (Å²) >= 11 is 1.45. The van der Waals surface area contributed by atoms with Crippen LogP contribution in [0.3, 0.4) is 0 Å². The molecule has 0 fully saturated rings. The Morgan fingerprint density at radius 1 is 1.30 bits per heavy atom. The number of nitrogens with zero attached hydrogens (tertiary/aromatic N) is 1. The van der Waals surface area contributed by atoms with Gasteiger partial charge in [-0.25, -0.2) is 0 Å². The fraction of sp³-hybridized carbons (Fsp3) is 0.333. The molecule has 0 unspecified atom stereocenters. The normalized spacial score (nSPS) is 10.7. The maximum absolute atomic E-state index is 12.5. The molecule has 2 N–H and O–H groups in total. The summed E-state index contributed by atoms with van der Waals surface area (Å²) in [5.41, 5.74) is 5.23. The molecule has 0 aliphatic heterocycles. The highest BCUT2D eigenvalue weighted by Crippen LogP contribution is 2.26. The lowest BCUT2D eigenvalue weighted by atomic mass is 10.2. The molecular formula is C15H18N2O2S. The minimum absolute atomic E-state index is 0.0208. The van der Waals surface area contributed by atoms with E-state index in [-0.39, 0.29) is 12.5 Å². The Balaban J connectivity index is 2.22. The van der Waals surface area contributed by atoms with Crippen LogP contribution in [-0.2, 0) is 4.79 Å². The van der Waals surface area contributed by atoms with E-state index in [0.29, 0.717) is 11.4 Å². The van der Waals surface area contributed by atoms with Crippen molar-refractivity contribution in [2.45, 2.75) is 19.8 Å². The second-order valence-corrected chi connectivity index (χ2v) is 5.78. The first-order valence-corrected chi connectivity index (χ1v) is 7.49. The molecule has 2 amide bonds. The Morgan fingerprint density at radius 2 is 2.05 bits per heavy atom. The van der Waals surface area contributed by atoms with Gasteiger partial charge < -0.3 is 10.6 Å². The first-order valence-electron chi connectivity index (χ1n) is 6.68. The fourth-order valence-corrected chi connectivity index (χ4v) is 3.06. The topological polar surface area (TPSA) is 63.4 Å². The van der Waals surface area contributed by atoms with E-state index in [4.69, 9.17) is 5.73 Å². The van der Waals surface area contributed by atoms with Crippen LogP contribution in [0.15, 0.2) is 30.3 Å². The molecule has 1 aromatic carbocycles. The fourth-order valence-electron chi connectivity index (χ4n) is 2.03. The van der Waals surface area contributed by atoms with Crippen molar-refractivity contribution in [3.63, 3.8) is 0 Å². The molecule has 0 bridgehead atoms. The quantitative estimate of drug-likeness (QED) is 0.889. The van der Waals surface area contributed by atoms with Gasteiger partial charge >= 0.3 is 0 Å². The summed E-state index contributed by atoms with van der Waals surface area (Å²) in [6, 6.07) is 9.74. The highest BCUT2D eigenvalue weighted by atomic mass is 32.1. The number of benzene rings is 1. The Kier molecular flexibility index (Phi) is 4.74. The molecule has 2 aromatic rings. The van der Waals surface area contributed by atoms with Crippen molar-refractivity contribution >= 4 is 33.2 Å². The molecule has 0 aliphatic carbocycles. The van der Waals surface area contributed by atoms with Crippen LogP contribution in [-0.4, -0.2) is 29.8 Å². The number of rotatable bonds is 6. The van der Waals surface area contributed by atoms with E-state index in [1.165, 1.54) is 16.2 Å². The summed E-state index contributed by atoms with van der Waals surface area (Å²) in [7, 11) is 0. The van der Waals surface area contributed by atoms with Gasteiger partial charge in [0.25, 0.3) is 5.91 Å². The SMILES string of the molecule is CCCCN(CC(N)=O)C(=O)c1cc2ccccc2s1. The molecule has 106 valence electrons. The van der Waals surface area contributed by atoms with Crippen molar-refractivity contribution in [1.29, 1.82) is 0 Å². The zero-order valence-corrected chi connectivity index (χ0v) is 12.3. The largest absolute Gasteiger partial charge is 0.368 e. The molecule has 4 nitrogen and oxygen atoms in total. The molecule has 0 saturated heterocycles. The van der Waals surface area contributed by atoms with Gasteiger partial charge in [-0.2, -0.15) is 0 Å². The molecule has 5 heteroatoms. The Hall–Kier alpha value is -1.88. The molecule has 0 radical (unpaired) electrons. The van der Waals surface area contributed by atoms with Crippen LogP contribution in [0, 0.1) is 0 Å². The van der Waals surface area contributed by atoms with Crippen molar-refractivity contribution in [3.05, 3.63) is 35.2 Å². The Morgan fingerprint density at radius 3 is 2.70 bits per heavy atom. The Bertz CT molecular complexity index is 588. The lowest BCUT2D eigenvalue weighted by molar-refractivity contribution is -0.118. The highest BCUT2D eigenvalue weighted by molar-refractivity contribution is 7.20. The number of amides is 2. The third kappa shape index (κ3) is 3.36. The number of primary amides is 1. The molecule has 0 atom stereocenters. The van der Waals surface area contributed by atoms with Crippen LogP contribution < -0.4 is 5.73 Å². The molecular weight excluding hydrogens is 272 g/mol. The first kappa shape index (κ1) is 14.5. The van der Waals surface area contributed by atoms with Crippen LogP contribution in [0.2, 0.25) is 0 Å². The average Bonchev–Trinajstić information content (AvgIpc) is 2.86. The summed E-state index contributed by atoms with van der Waals surface area (Å²) in [6.07, 6.45) is 1.83. The van der Waals surface area contributed by atoms with Crippen molar-refractivity contribution < 1.29 is 9.59 Å². The maximum atomic E-state index is 12.5. The van der Waals surface area contributed by atoms with Crippen LogP contribution >= 0.6 is 11.3 Å². The highest BCUT2D eigenvalue weighted by Gasteiger charge is 2.19. The van der Waals surface area contributed by atoms with Gasteiger partial charge in [-0.15, -0.1) is 11.3 Å². The van der Waals surface area contributed by atoms with Gasteiger partial charge in [0.05, 0.1) is 11.4 Å². The third-order valence-corrected chi connectivity index (χ3v) is 4.16. The van der Waals surface area contributed by atoms with E-state index in [1.54, 1.807) is 0 Å². The average molecular weight is 290 g/mol. The van der Waals surface area contributed by atoms with Gasteiger partial charge in [-0.3, -0.25) is 9.59 Å². The number of nitrogens with two attached hydrogens (primary N) is 1. The first-order chi connectivity index (χ1) is 9.61. The van der Waals surface area contributed by atoms with Crippen LogP contribution in [0.4, 0.5) is 0 Å². The van der Waals surface area contributed by atoms with Crippen LogP contribution in [0.25, 0.3) is 10.1 Å². The number of thiophene rings is 1. The van der Waals surface area contributed by atoms with E-state index < -0.39 is 5.91 Å². The zero-order valence-electron chi connectivity index (χ0n) is 11.5. The molecule has 2 rings (SSSR count). The molecule has 0 spiro atoms. The number of carbonyl (C=O) groups excluding carboxylic acids is 2. The maximum Gasteiger partial charge on any atom is 0.264 e. The predicted octanol–water partition coefficient (Wildman–Crippen LogP) is 2.63. The summed E-state index contributed by atoms with van der Waals surface area (Å²) in [5, 5.41) is 1.05. The summed E-state index contributed by atoms with van der Waals surface area (Å²) in [6.45, 7) is 2.59. The minimum atomic E-state index is -0.476. The number of carbonyl (C=O) groups is 2. The van der Waals surface area contributed by atoms with Crippen LogP contribution in [0.1, 0.15) is 29.4 Å². The molecule has 20 heavy (non-hydrogen) atoms. The van der Waals surface area contributed by atoms with E-state index in [1.807, 2.05) is 37.3 Å². The van der Waals surface area contributed by atoms with E-state index in [9.17, 15) is 9.59 Å². The lowest BCUT2D eigenvalue weighted by Crippen LogP contribution is -2.38. The monoisotopic (exact) mass is 290 g/mol. The van der Waals surface area contributed by atoms with Crippen molar-refractivity contribution in [3.8, 4) is 0 Å². The standard InChI is InChI=1S/C15H18N2O2S/c1-2-3-8-17(10-14(16)18)15(19)13-9-11-6-4-5-7-12(11)20-13/h4-7,9H,2-3,8,10H2,1H3,(H2,16,18). The van der Waals surface area contributed by atoms with E-state index in [2.05, 4.69) is 0 Å². The molecule has 1 aromatic heterocycles. The lowest BCUT2D eigenvalue weighted by Gasteiger charge is -2.19. The van der Waals surface area contributed by atoms with Gasteiger partial charge in [0.15, 0.2) is 0 Å². The van der Waals surface area contributed by atoms with Crippen molar-refractivity contribution in [2.24, 2.45) is 5.73 Å². The zero-order chi connectivity index (χ0) is 14.5. The van der Waals surface area contributed by atoms with E-state index >= 15 is 0 Å². The molecule has 0 saturated carbocycles. The van der Waals surface area contributed by atoms with E-state index in [0.717, 1.165) is 22.9 Å². The number of hydrogen-bond donors (Lipinski definition) is 1. The van der Waals surface area contributed by atoms with Gasteiger partial charge in [0.1, 0.15) is 0 Å². The van der Waals surface area contributed by atoms with Gasteiger partial charge in [-0.05, 0) is 23.9 Å². The summed E-state index contributed by atoms with van der Waals surface area (Å²) in [5.74, 6) is -0.589. The summed E-state index contributed by atoms with van der Waals surface area (Å²) < 4.78 is 1.07. The molecule has 0 aliphatic rings. The van der Waals surface area contributed by atoms with Crippen molar-refractivity contribution in [2.75, 3.05) is 13.1 Å². The van der Waals surface area contributed by atoms with Crippen molar-refractivity contribution in [1.82, 2.24) is 4.90 Å². The van der Waals surface area contributed by atoms with Gasteiger partial charge in [0.2, 0.25) is 5.91 Å².